The Morgan fingerprint density at radius 1 is 1.19 bits per heavy atom. The number of methoxy groups -OCH3 is 1. The highest BCUT2D eigenvalue weighted by Gasteiger charge is 2.54. The molecule has 1 aromatic carbocycles. The number of ether oxygens (including phenoxy) is 1. The maximum Gasteiger partial charge on any atom is 0.490 e. The Morgan fingerprint density at radius 2 is 1.81 bits per heavy atom. The Hall–Kier alpha value is -4.08. The summed E-state index contributed by atoms with van der Waals surface area (Å²) in [5, 5.41) is 11.2. The molecule has 3 heterocycles. The highest BCUT2D eigenvalue weighted by molar-refractivity contribution is 7.95. The molecule has 2 atom stereocenters. The Labute approximate surface area is 238 Å². The maximum absolute atomic E-state index is 15.2. The Bertz CT molecular complexity index is 1630. The number of hydrogen-bond donors (Lipinski definition) is 2. The second kappa shape index (κ2) is 11.3. The van der Waals surface area contributed by atoms with E-state index >= 15 is 4.39 Å². The van der Waals surface area contributed by atoms with Crippen LogP contribution in [0.15, 0.2) is 50.5 Å². The van der Waals surface area contributed by atoms with E-state index in [0.29, 0.717) is 47.3 Å². The first kappa shape index (κ1) is 30.9. The number of hydrogen-bond acceptors (Lipinski definition) is 10. The normalized spacial score (nSPS) is 23.1. The average Bonchev–Trinajstić information content (AvgIpc) is 3.64. The average molecular weight is 613 g/mol. The molecule has 11 nitrogen and oxygen atoms in total. The Kier molecular flexibility index (Phi) is 8.31. The summed E-state index contributed by atoms with van der Waals surface area (Å²) in [7, 11) is 0.327. The topological polar surface area (TPSA) is 166 Å². The minimum Gasteiger partial charge on any atom is -0.494 e. The van der Waals surface area contributed by atoms with E-state index in [2.05, 4.69) is 19.5 Å². The van der Waals surface area contributed by atoms with Gasteiger partial charge in [0.15, 0.2) is 23.0 Å². The lowest BCUT2D eigenvalue weighted by molar-refractivity contribution is -0.192. The standard InChI is InChI=1S/C24H27FN6O3S.C2HF3O2/c1-23(14-35(32,27-2)24(22(26)30-23)8-4-5-9-24)17-10-15(6-7-18(17)25)20-11-19(31-34-20)21-28-12-16(33-3)13-29-21;3-2(4,5)1(6)7/h6-7,10-13H,4-5,8-9,14H2,1-3H3,(H2,26,30);(H,6,7)/t23-,35?;/m0./s1. The molecule has 42 heavy (non-hydrogen) atoms. The molecule has 226 valence electrons. The number of carbonyl (C=O) groups is 1. The van der Waals surface area contributed by atoms with Crippen LogP contribution in [-0.4, -0.2) is 67.1 Å². The van der Waals surface area contributed by atoms with E-state index in [1.165, 1.54) is 25.6 Å². The second-order valence-electron chi connectivity index (χ2n) is 9.96. The van der Waals surface area contributed by atoms with Crippen molar-refractivity contribution in [1.82, 2.24) is 15.1 Å². The number of rotatable bonds is 4. The molecule has 3 N–H and O–H groups in total. The maximum atomic E-state index is 15.2. The summed E-state index contributed by atoms with van der Waals surface area (Å²) in [5.74, 6) is -1.52. The fourth-order valence-corrected chi connectivity index (χ4v) is 8.18. The van der Waals surface area contributed by atoms with Gasteiger partial charge in [-0.1, -0.05) is 18.0 Å². The lowest BCUT2D eigenvalue weighted by atomic mass is 9.91. The van der Waals surface area contributed by atoms with Crippen LogP contribution in [0.5, 0.6) is 5.75 Å². The molecule has 16 heteroatoms. The number of nitrogens with two attached hydrogens (primary N) is 1. The van der Waals surface area contributed by atoms with Crippen LogP contribution < -0.4 is 10.5 Å². The Balaban J connectivity index is 0.000000517. The van der Waals surface area contributed by atoms with Crippen LogP contribution in [0.3, 0.4) is 0 Å². The third-order valence-electron chi connectivity index (χ3n) is 7.30. The van der Waals surface area contributed by atoms with Gasteiger partial charge in [0.1, 0.15) is 21.9 Å². The monoisotopic (exact) mass is 612 g/mol. The zero-order chi connectivity index (χ0) is 30.9. The van der Waals surface area contributed by atoms with Gasteiger partial charge in [-0.25, -0.2) is 27.7 Å². The van der Waals surface area contributed by atoms with Crippen LogP contribution in [0.25, 0.3) is 22.8 Å². The van der Waals surface area contributed by atoms with Gasteiger partial charge in [-0.3, -0.25) is 4.99 Å². The van der Waals surface area contributed by atoms with E-state index in [1.807, 2.05) is 0 Å². The number of aliphatic imine (C=N–C) groups is 1. The molecule has 1 fully saturated rings. The molecule has 1 saturated carbocycles. The molecule has 3 aromatic rings. The molecule has 0 radical (unpaired) electrons. The first-order valence-electron chi connectivity index (χ1n) is 12.6. The molecule has 1 aliphatic carbocycles. The van der Waals surface area contributed by atoms with Gasteiger partial charge in [-0.15, -0.1) is 0 Å². The fourth-order valence-electron chi connectivity index (χ4n) is 5.14. The van der Waals surface area contributed by atoms with E-state index in [1.54, 1.807) is 32.2 Å². The number of aromatic nitrogens is 3. The number of benzene rings is 1. The molecule has 2 aromatic heterocycles. The number of carboxylic acids is 1. The molecular weight excluding hydrogens is 584 g/mol. The quantitative estimate of drug-likeness (QED) is 0.401. The largest absolute Gasteiger partial charge is 0.494 e. The number of halogens is 4. The van der Waals surface area contributed by atoms with Gasteiger partial charge >= 0.3 is 12.1 Å². The van der Waals surface area contributed by atoms with Crippen molar-refractivity contribution in [2.24, 2.45) is 15.1 Å². The van der Waals surface area contributed by atoms with E-state index in [0.717, 1.165) is 12.8 Å². The molecule has 2 aliphatic rings. The summed E-state index contributed by atoms with van der Waals surface area (Å²) in [6.07, 6.45) is 1.21. The zero-order valence-electron chi connectivity index (χ0n) is 22.8. The van der Waals surface area contributed by atoms with Crippen molar-refractivity contribution < 1.29 is 40.9 Å². The number of nitrogens with zero attached hydrogens (tertiary/aromatic N) is 5. The predicted molar refractivity (Wildman–Crippen MR) is 145 cm³/mol. The van der Waals surface area contributed by atoms with Gasteiger partial charge in [0.05, 0.1) is 35.0 Å². The van der Waals surface area contributed by atoms with Crippen LogP contribution in [-0.2, 0) is 20.1 Å². The molecule has 0 saturated heterocycles. The lowest BCUT2D eigenvalue weighted by Gasteiger charge is -2.42. The van der Waals surface area contributed by atoms with Crippen LogP contribution in [0, 0.1) is 5.82 Å². The van der Waals surface area contributed by atoms with Gasteiger partial charge in [0.2, 0.25) is 0 Å². The smallest absolute Gasteiger partial charge is 0.490 e. The van der Waals surface area contributed by atoms with E-state index in [9.17, 15) is 17.4 Å². The summed E-state index contributed by atoms with van der Waals surface area (Å²) < 4.78 is 75.2. The minimum atomic E-state index is -5.08. The summed E-state index contributed by atoms with van der Waals surface area (Å²) in [6, 6.07) is 6.26. The first-order chi connectivity index (χ1) is 19.7. The van der Waals surface area contributed by atoms with Crippen molar-refractivity contribution in [1.29, 1.82) is 0 Å². The van der Waals surface area contributed by atoms with E-state index in [4.69, 9.17) is 29.9 Å². The number of alkyl halides is 3. The first-order valence-corrected chi connectivity index (χ1v) is 14.3. The lowest BCUT2D eigenvalue weighted by Crippen LogP contribution is -2.56. The van der Waals surface area contributed by atoms with Gasteiger partial charge in [-0.2, -0.15) is 13.2 Å². The fraction of sp³-hybridized carbons (Fsp3) is 0.423. The van der Waals surface area contributed by atoms with Crippen LogP contribution >= 0.6 is 0 Å². The second-order valence-corrected chi connectivity index (χ2v) is 12.7. The van der Waals surface area contributed by atoms with Crippen molar-refractivity contribution in [2.75, 3.05) is 19.9 Å². The van der Waals surface area contributed by atoms with Crippen molar-refractivity contribution in [3.05, 3.63) is 48.0 Å². The number of aliphatic carboxylic acids is 1. The van der Waals surface area contributed by atoms with Gasteiger partial charge in [-0.05, 0) is 38.0 Å². The SMILES string of the molecule is CN=S1(=O)C[C@@](C)(c2cc(-c3cc(-c4ncc(OC)cn4)no3)ccc2F)N=C(N)C12CCCC2.O=C(O)C(F)(F)F. The van der Waals surface area contributed by atoms with Gasteiger partial charge in [0, 0.05) is 24.2 Å². The molecule has 5 rings (SSSR count). The molecule has 1 aliphatic heterocycles. The summed E-state index contributed by atoms with van der Waals surface area (Å²) in [4.78, 5) is 22.1. The van der Waals surface area contributed by atoms with Crippen LogP contribution in [0.4, 0.5) is 17.6 Å². The number of carboxylic acid groups (broad SMARTS) is 1. The Morgan fingerprint density at radius 3 is 2.36 bits per heavy atom. The van der Waals surface area contributed by atoms with E-state index in [-0.39, 0.29) is 11.3 Å². The molecule has 0 amide bonds. The van der Waals surface area contributed by atoms with Crippen molar-refractivity contribution in [3.8, 4) is 28.6 Å². The molecule has 0 bridgehead atoms. The van der Waals surface area contributed by atoms with Crippen molar-refractivity contribution in [2.45, 2.75) is 49.1 Å². The molecular formula is C26H28F4N6O5S. The van der Waals surface area contributed by atoms with Crippen LogP contribution in [0.1, 0.15) is 38.2 Å². The summed E-state index contributed by atoms with van der Waals surface area (Å²) >= 11 is 0. The molecule has 1 spiro atoms. The minimum absolute atomic E-state index is 0.0961. The summed E-state index contributed by atoms with van der Waals surface area (Å²) in [5.41, 5.74) is 6.61. The highest BCUT2D eigenvalue weighted by atomic mass is 32.2. The van der Waals surface area contributed by atoms with E-state index < -0.39 is 38.0 Å². The van der Waals surface area contributed by atoms with Crippen molar-refractivity contribution >= 4 is 21.5 Å². The van der Waals surface area contributed by atoms with Crippen LogP contribution in [0.2, 0.25) is 0 Å². The van der Waals surface area contributed by atoms with Gasteiger partial charge in [0.25, 0.3) is 0 Å². The number of amidine groups is 1. The third-order valence-corrected chi connectivity index (χ3v) is 10.7. The van der Waals surface area contributed by atoms with Crippen molar-refractivity contribution in [3.63, 3.8) is 0 Å². The highest BCUT2D eigenvalue weighted by Crippen LogP contribution is 2.46. The predicted octanol–water partition coefficient (Wildman–Crippen LogP) is 4.58. The molecule has 1 unspecified atom stereocenters. The third kappa shape index (κ3) is 5.67. The summed E-state index contributed by atoms with van der Waals surface area (Å²) in [6.45, 7) is 1.76. The van der Waals surface area contributed by atoms with Gasteiger partial charge < -0.3 is 20.1 Å². The zero-order valence-corrected chi connectivity index (χ0v) is 23.6.